The van der Waals surface area contributed by atoms with Crippen LogP contribution in [0.1, 0.15) is 25.7 Å². The Morgan fingerprint density at radius 2 is 2.11 bits per heavy atom. The Morgan fingerprint density at radius 3 is 2.89 bits per heavy atom. The first-order valence-corrected chi connectivity index (χ1v) is 7.04. The van der Waals surface area contributed by atoms with Crippen molar-refractivity contribution in [1.82, 2.24) is 4.57 Å². The Labute approximate surface area is 107 Å². The zero-order valence-electron chi connectivity index (χ0n) is 10.5. The van der Waals surface area contributed by atoms with Gasteiger partial charge in [-0.1, -0.05) is 6.42 Å². The third-order valence-corrected chi connectivity index (χ3v) is 5.05. The molecule has 3 unspecified atom stereocenters. The van der Waals surface area contributed by atoms with Crippen LogP contribution in [0.5, 0.6) is 0 Å². The molecule has 2 fully saturated rings. The van der Waals surface area contributed by atoms with Gasteiger partial charge in [-0.2, -0.15) is 0 Å². The van der Waals surface area contributed by atoms with E-state index in [1.165, 1.54) is 31.2 Å². The summed E-state index contributed by atoms with van der Waals surface area (Å²) in [4.78, 5) is 0. The molecule has 1 heterocycles. The Morgan fingerprint density at radius 1 is 1.17 bits per heavy atom. The molecular weight excluding hydrogens is 225 g/mol. The van der Waals surface area contributed by atoms with E-state index < -0.39 is 0 Å². The summed E-state index contributed by atoms with van der Waals surface area (Å²) in [7, 11) is 0. The highest BCUT2D eigenvalue weighted by atomic mass is 19.1. The monoisotopic (exact) mass is 243 g/mol. The SMILES string of the molecule is Fc1ccc2c(ccn2CC2CC3CCC2C3)c1. The van der Waals surface area contributed by atoms with Crippen molar-refractivity contribution in [3.8, 4) is 0 Å². The smallest absolute Gasteiger partial charge is 0.123 e. The third kappa shape index (κ3) is 1.58. The molecule has 3 atom stereocenters. The average Bonchev–Trinajstić information content (AvgIpc) is 3.04. The molecule has 0 spiro atoms. The van der Waals surface area contributed by atoms with E-state index in [2.05, 4.69) is 10.8 Å². The molecule has 2 aliphatic carbocycles. The van der Waals surface area contributed by atoms with Gasteiger partial charge in [-0.15, -0.1) is 0 Å². The van der Waals surface area contributed by atoms with E-state index in [1.807, 2.05) is 12.1 Å². The Hall–Kier alpha value is -1.31. The van der Waals surface area contributed by atoms with Crippen molar-refractivity contribution in [2.24, 2.45) is 17.8 Å². The first-order valence-electron chi connectivity index (χ1n) is 7.04. The van der Waals surface area contributed by atoms with E-state index in [9.17, 15) is 4.39 Å². The summed E-state index contributed by atoms with van der Waals surface area (Å²) in [6.45, 7) is 1.12. The maximum absolute atomic E-state index is 13.2. The van der Waals surface area contributed by atoms with Crippen LogP contribution in [0.4, 0.5) is 4.39 Å². The van der Waals surface area contributed by atoms with Crippen molar-refractivity contribution in [2.45, 2.75) is 32.2 Å². The van der Waals surface area contributed by atoms with Crippen LogP contribution in [0, 0.1) is 23.6 Å². The van der Waals surface area contributed by atoms with Gasteiger partial charge in [0.05, 0.1) is 0 Å². The molecule has 1 aromatic carbocycles. The number of aromatic nitrogens is 1. The van der Waals surface area contributed by atoms with Gasteiger partial charge in [0.2, 0.25) is 0 Å². The highest BCUT2D eigenvalue weighted by Gasteiger charge is 2.39. The largest absolute Gasteiger partial charge is 0.347 e. The maximum Gasteiger partial charge on any atom is 0.123 e. The zero-order chi connectivity index (χ0) is 12.1. The Balaban J connectivity index is 1.63. The fraction of sp³-hybridized carbons (Fsp3) is 0.500. The van der Waals surface area contributed by atoms with Gasteiger partial charge in [-0.05, 0) is 61.3 Å². The molecule has 0 N–H and O–H groups in total. The van der Waals surface area contributed by atoms with Gasteiger partial charge in [-0.3, -0.25) is 0 Å². The van der Waals surface area contributed by atoms with Crippen molar-refractivity contribution in [3.05, 3.63) is 36.3 Å². The lowest BCUT2D eigenvalue weighted by Gasteiger charge is -2.22. The number of benzene rings is 1. The topological polar surface area (TPSA) is 4.93 Å². The minimum absolute atomic E-state index is 0.139. The lowest BCUT2D eigenvalue weighted by Crippen LogP contribution is -2.16. The van der Waals surface area contributed by atoms with Crippen LogP contribution >= 0.6 is 0 Å². The number of halogens is 1. The first kappa shape index (κ1) is 10.6. The second kappa shape index (κ2) is 3.84. The summed E-state index contributed by atoms with van der Waals surface area (Å²) >= 11 is 0. The Bertz CT molecular complexity index is 586. The Kier molecular flexibility index (Phi) is 2.26. The summed E-state index contributed by atoms with van der Waals surface area (Å²) in [5.74, 6) is 2.66. The number of fused-ring (bicyclic) bond motifs is 3. The van der Waals surface area contributed by atoms with E-state index in [4.69, 9.17) is 0 Å². The first-order chi connectivity index (χ1) is 8.79. The van der Waals surface area contributed by atoms with Crippen molar-refractivity contribution >= 4 is 10.9 Å². The second-order valence-electron chi connectivity index (χ2n) is 6.11. The van der Waals surface area contributed by atoms with Crippen molar-refractivity contribution < 1.29 is 4.39 Å². The standard InChI is InChI=1S/C16H18FN/c17-15-3-4-16-13(9-15)5-6-18(16)10-14-8-11-1-2-12(14)7-11/h3-6,9,11-12,14H,1-2,7-8,10H2. The number of hydrogen-bond acceptors (Lipinski definition) is 0. The summed E-state index contributed by atoms with van der Waals surface area (Å²) in [6, 6.07) is 7.15. The molecule has 2 bridgehead atoms. The summed E-state index contributed by atoms with van der Waals surface area (Å²) in [5.41, 5.74) is 1.18. The van der Waals surface area contributed by atoms with E-state index in [-0.39, 0.29) is 5.82 Å². The number of nitrogens with zero attached hydrogens (tertiary/aromatic N) is 1. The van der Waals surface area contributed by atoms with Crippen LogP contribution in [0.15, 0.2) is 30.5 Å². The molecule has 1 nitrogen and oxygen atoms in total. The molecule has 2 aromatic rings. The lowest BCUT2D eigenvalue weighted by atomic mass is 9.89. The third-order valence-electron chi connectivity index (χ3n) is 5.05. The predicted octanol–water partition coefficient (Wildman–Crippen LogP) is 4.22. The van der Waals surface area contributed by atoms with Gasteiger partial charge in [0.15, 0.2) is 0 Å². The predicted molar refractivity (Wildman–Crippen MR) is 70.8 cm³/mol. The van der Waals surface area contributed by atoms with Gasteiger partial charge < -0.3 is 4.57 Å². The number of rotatable bonds is 2. The highest BCUT2D eigenvalue weighted by Crippen LogP contribution is 2.49. The minimum Gasteiger partial charge on any atom is -0.347 e. The van der Waals surface area contributed by atoms with E-state index in [0.717, 1.165) is 29.7 Å². The second-order valence-corrected chi connectivity index (χ2v) is 6.11. The molecule has 0 radical (unpaired) electrons. The van der Waals surface area contributed by atoms with Crippen molar-refractivity contribution in [1.29, 1.82) is 0 Å². The van der Waals surface area contributed by atoms with Crippen LogP contribution in [-0.2, 0) is 6.54 Å². The van der Waals surface area contributed by atoms with Crippen LogP contribution in [0.25, 0.3) is 10.9 Å². The summed E-state index contributed by atoms with van der Waals surface area (Å²) < 4.78 is 15.5. The normalized spacial score (nSPS) is 30.4. The van der Waals surface area contributed by atoms with Crippen LogP contribution < -0.4 is 0 Å². The van der Waals surface area contributed by atoms with Crippen molar-refractivity contribution in [3.63, 3.8) is 0 Å². The fourth-order valence-corrected chi connectivity index (χ4v) is 4.18. The molecule has 94 valence electrons. The van der Waals surface area contributed by atoms with Gasteiger partial charge >= 0.3 is 0 Å². The minimum atomic E-state index is -0.139. The molecule has 2 saturated carbocycles. The van der Waals surface area contributed by atoms with Crippen LogP contribution in [-0.4, -0.2) is 4.57 Å². The van der Waals surface area contributed by atoms with Gasteiger partial charge in [0.1, 0.15) is 5.82 Å². The molecule has 18 heavy (non-hydrogen) atoms. The van der Waals surface area contributed by atoms with Gasteiger partial charge in [0, 0.05) is 23.6 Å². The molecule has 2 aliphatic rings. The average molecular weight is 243 g/mol. The lowest BCUT2D eigenvalue weighted by molar-refractivity contribution is 0.299. The van der Waals surface area contributed by atoms with Crippen LogP contribution in [0.2, 0.25) is 0 Å². The van der Waals surface area contributed by atoms with E-state index >= 15 is 0 Å². The highest BCUT2D eigenvalue weighted by molar-refractivity contribution is 5.80. The molecule has 0 saturated heterocycles. The quantitative estimate of drug-likeness (QED) is 0.744. The summed E-state index contributed by atoms with van der Waals surface area (Å²) in [5, 5.41) is 1.03. The zero-order valence-corrected chi connectivity index (χ0v) is 10.5. The van der Waals surface area contributed by atoms with Gasteiger partial charge in [0.25, 0.3) is 0 Å². The number of hydrogen-bond donors (Lipinski definition) is 0. The molecule has 0 amide bonds. The maximum atomic E-state index is 13.2. The molecular formula is C16H18FN. The van der Waals surface area contributed by atoms with E-state index in [0.29, 0.717) is 0 Å². The van der Waals surface area contributed by atoms with Gasteiger partial charge in [-0.25, -0.2) is 4.39 Å². The van der Waals surface area contributed by atoms with E-state index in [1.54, 1.807) is 12.1 Å². The molecule has 4 rings (SSSR count). The molecule has 2 heteroatoms. The fourth-order valence-electron chi connectivity index (χ4n) is 4.18. The summed E-state index contributed by atoms with van der Waals surface area (Å²) in [6.07, 6.45) is 7.88. The van der Waals surface area contributed by atoms with Crippen molar-refractivity contribution in [2.75, 3.05) is 0 Å². The van der Waals surface area contributed by atoms with Crippen LogP contribution in [0.3, 0.4) is 0 Å². The molecule has 0 aliphatic heterocycles. The molecule has 1 aromatic heterocycles.